The smallest absolute Gasteiger partial charge is 0.167 e. The topological polar surface area (TPSA) is 22.2 Å². The van der Waals surface area contributed by atoms with Crippen LogP contribution in [0.1, 0.15) is 5.69 Å². The lowest BCUT2D eigenvalue weighted by Gasteiger charge is -2.08. The van der Waals surface area contributed by atoms with Crippen molar-refractivity contribution >= 4 is 21.6 Å². The van der Waals surface area contributed by atoms with E-state index in [0.29, 0.717) is 0 Å². The van der Waals surface area contributed by atoms with Crippen LogP contribution < -0.4 is 0 Å². The van der Waals surface area contributed by atoms with E-state index in [-0.39, 0.29) is 0 Å². The second-order valence-electron chi connectivity index (χ2n) is 6.78. The minimum absolute atomic E-state index is 0.937. The van der Waals surface area contributed by atoms with Gasteiger partial charge in [0.25, 0.3) is 0 Å². The zero-order valence-corrected chi connectivity index (χ0v) is 17.0. The molecule has 0 saturated carbocycles. The number of benzene rings is 3. The van der Waals surface area contributed by atoms with Crippen molar-refractivity contribution in [2.75, 3.05) is 0 Å². The average Bonchev–Trinajstić information content (AvgIpc) is 3.27. The van der Waals surface area contributed by atoms with Gasteiger partial charge in [-0.3, -0.25) is 4.57 Å². The Hall–Kier alpha value is -3.11. The van der Waals surface area contributed by atoms with Gasteiger partial charge in [0, 0.05) is 27.0 Å². The van der Waals surface area contributed by atoms with Crippen LogP contribution in [-0.2, 0) is 0 Å². The molecule has 28 heavy (non-hydrogen) atoms. The van der Waals surface area contributed by atoms with Crippen LogP contribution >= 0.6 is 15.9 Å². The zero-order chi connectivity index (χ0) is 19.1. The molecule has 3 aromatic carbocycles. The highest BCUT2D eigenvalue weighted by Gasteiger charge is 2.19. The van der Waals surface area contributed by atoms with Crippen molar-refractivity contribution in [2.45, 2.75) is 6.92 Å². The third kappa shape index (κ3) is 2.77. The fourth-order valence-corrected chi connectivity index (χ4v) is 3.91. The maximum atomic E-state index is 4.99. The van der Waals surface area contributed by atoms with Crippen LogP contribution in [0, 0.1) is 6.92 Å². The summed E-state index contributed by atoms with van der Waals surface area (Å²) in [5.74, 6) is 0.937. The molecule has 4 heteroatoms. The number of fused-ring (bicyclic) bond motifs is 1. The monoisotopic (exact) mass is 427 g/mol. The maximum Gasteiger partial charge on any atom is 0.167 e. The second kappa shape index (κ2) is 6.80. The van der Waals surface area contributed by atoms with Crippen LogP contribution in [-0.4, -0.2) is 14.2 Å². The number of hydrogen-bond donors (Lipinski definition) is 0. The molecule has 0 atom stereocenters. The minimum Gasteiger partial charge on any atom is -0.277 e. The van der Waals surface area contributed by atoms with Crippen molar-refractivity contribution in [1.82, 2.24) is 14.2 Å². The molecule has 0 aliphatic rings. The summed E-state index contributed by atoms with van der Waals surface area (Å²) in [4.78, 5) is 0. The number of aromatic nitrogens is 3. The Bertz CT molecular complexity index is 1250. The fourth-order valence-electron chi connectivity index (χ4n) is 3.64. The Balaban J connectivity index is 1.79. The highest BCUT2D eigenvalue weighted by atomic mass is 79.9. The molecule has 2 aromatic heterocycles. The molecule has 5 rings (SSSR count). The molecule has 0 aliphatic carbocycles. The molecule has 0 fully saturated rings. The van der Waals surface area contributed by atoms with Crippen LogP contribution in [0.3, 0.4) is 0 Å². The molecule has 0 saturated heterocycles. The van der Waals surface area contributed by atoms with E-state index < -0.39 is 0 Å². The van der Waals surface area contributed by atoms with Gasteiger partial charge in [-0.05, 0) is 42.8 Å². The summed E-state index contributed by atoms with van der Waals surface area (Å²) in [6.45, 7) is 2.13. The summed E-state index contributed by atoms with van der Waals surface area (Å²) in [7, 11) is 0. The van der Waals surface area contributed by atoms with Crippen LogP contribution in [0.15, 0.2) is 95.5 Å². The van der Waals surface area contributed by atoms with Gasteiger partial charge < -0.3 is 0 Å². The van der Waals surface area contributed by atoms with Crippen molar-refractivity contribution in [2.24, 2.45) is 0 Å². The molecule has 0 aliphatic heterocycles. The van der Waals surface area contributed by atoms with Crippen LogP contribution in [0.2, 0.25) is 0 Å². The Morgan fingerprint density at radius 3 is 2.07 bits per heavy atom. The van der Waals surface area contributed by atoms with Crippen molar-refractivity contribution in [1.29, 1.82) is 0 Å². The highest BCUT2D eigenvalue weighted by molar-refractivity contribution is 9.10. The van der Waals surface area contributed by atoms with E-state index in [1.54, 1.807) is 0 Å². The van der Waals surface area contributed by atoms with Crippen molar-refractivity contribution in [3.8, 4) is 28.2 Å². The lowest BCUT2D eigenvalue weighted by Crippen LogP contribution is -1.97. The van der Waals surface area contributed by atoms with Crippen LogP contribution in [0.5, 0.6) is 0 Å². The van der Waals surface area contributed by atoms with Gasteiger partial charge in [-0.15, -0.1) is 5.10 Å². The predicted molar refractivity (Wildman–Crippen MR) is 118 cm³/mol. The van der Waals surface area contributed by atoms with Gasteiger partial charge in [-0.1, -0.05) is 76.6 Å². The standard InChI is InChI=1S/C24H18BrN3/c1-17-22(18-12-14-20(25)15-13-18)16-23-27(21-10-6-3-7-11-21)24(26-28(17)23)19-8-4-2-5-9-19/h2-16H,1H3. The SMILES string of the molecule is Cc1c(-c2ccc(Br)cc2)cc2n(-c3ccccc3)c(-c3ccccc3)nn12. The molecular formula is C24H18BrN3. The summed E-state index contributed by atoms with van der Waals surface area (Å²) in [5, 5.41) is 4.99. The van der Waals surface area contributed by atoms with E-state index in [1.807, 2.05) is 16.6 Å². The Kier molecular flexibility index (Phi) is 4.14. The average molecular weight is 428 g/mol. The van der Waals surface area contributed by atoms with Gasteiger partial charge in [-0.25, -0.2) is 4.52 Å². The van der Waals surface area contributed by atoms with E-state index in [0.717, 1.165) is 32.9 Å². The number of hydrogen-bond acceptors (Lipinski definition) is 1. The maximum absolute atomic E-state index is 4.99. The number of aryl methyl sites for hydroxylation is 1. The number of halogens is 1. The molecule has 2 heterocycles. The van der Waals surface area contributed by atoms with E-state index in [1.165, 1.54) is 11.1 Å². The number of rotatable bonds is 3. The van der Waals surface area contributed by atoms with Crippen LogP contribution in [0.4, 0.5) is 0 Å². The summed E-state index contributed by atoms with van der Waals surface area (Å²) in [6, 6.07) is 31.4. The van der Waals surface area contributed by atoms with Crippen LogP contribution in [0.25, 0.3) is 33.8 Å². The third-order valence-electron chi connectivity index (χ3n) is 5.04. The summed E-state index contributed by atoms with van der Waals surface area (Å²) >= 11 is 3.52. The Morgan fingerprint density at radius 1 is 0.750 bits per heavy atom. The normalized spacial score (nSPS) is 11.2. The molecule has 0 amide bonds. The lowest BCUT2D eigenvalue weighted by atomic mass is 10.1. The zero-order valence-electron chi connectivity index (χ0n) is 15.4. The molecule has 0 bridgehead atoms. The first-order chi connectivity index (χ1) is 13.7. The van der Waals surface area contributed by atoms with Crippen molar-refractivity contribution < 1.29 is 0 Å². The lowest BCUT2D eigenvalue weighted by molar-refractivity contribution is 0.937. The van der Waals surface area contributed by atoms with E-state index in [2.05, 4.69) is 106 Å². The fraction of sp³-hybridized carbons (Fsp3) is 0.0417. The number of nitrogens with zero attached hydrogens (tertiary/aromatic N) is 3. The molecule has 0 radical (unpaired) electrons. The molecule has 5 aromatic rings. The van der Waals surface area contributed by atoms with Gasteiger partial charge in [0.2, 0.25) is 0 Å². The van der Waals surface area contributed by atoms with Gasteiger partial charge in [0.1, 0.15) is 5.65 Å². The first-order valence-corrected chi connectivity index (χ1v) is 9.99. The minimum atomic E-state index is 0.937. The predicted octanol–water partition coefficient (Wildman–Crippen LogP) is 6.53. The first-order valence-electron chi connectivity index (χ1n) is 9.20. The van der Waals surface area contributed by atoms with E-state index >= 15 is 0 Å². The summed E-state index contributed by atoms with van der Waals surface area (Å²) < 4.78 is 5.35. The molecule has 136 valence electrons. The Labute approximate surface area is 172 Å². The van der Waals surface area contributed by atoms with Crippen molar-refractivity contribution in [3.63, 3.8) is 0 Å². The van der Waals surface area contributed by atoms with Crippen molar-refractivity contribution in [3.05, 3.63) is 101 Å². The quantitative estimate of drug-likeness (QED) is 0.320. The molecule has 0 unspecified atom stereocenters. The van der Waals surface area contributed by atoms with Gasteiger partial charge in [0.05, 0.1) is 0 Å². The largest absolute Gasteiger partial charge is 0.277 e. The molecule has 3 nitrogen and oxygen atoms in total. The molecular weight excluding hydrogens is 410 g/mol. The second-order valence-corrected chi connectivity index (χ2v) is 7.70. The third-order valence-corrected chi connectivity index (χ3v) is 5.56. The highest BCUT2D eigenvalue weighted by Crippen LogP contribution is 2.32. The molecule has 0 N–H and O–H groups in total. The van der Waals surface area contributed by atoms with Gasteiger partial charge in [0.15, 0.2) is 5.82 Å². The van der Waals surface area contributed by atoms with Gasteiger partial charge in [-0.2, -0.15) is 0 Å². The Morgan fingerprint density at radius 2 is 1.39 bits per heavy atom. The summed E-state index contributed by atoms with van der Waals surface area (Å²) in [6.07, 6.45) is 0. The van der Waals surface area contributed by atoms with E-state index in [9.17, 15) is 0 Å². The molecule has 0 spiro atoms. The number of para-hydroxylation sites is 1. The van der Waals surface area contributed by atoms with Gasteiger partial charge >= 0.3 is 0 Å². The first kappa shape index (κ1) is 17.0. The van der Waals surface area contributed by atoms with E-state index in [4.69, 9.17) is 5.10 Å². The summed E-state index contributed by atoms with van der Waals surface area (Å²) in [5.41, 5.74) is 6.76.